The van der Waals surface area contributed by atoms with Crippen molar-refractivity contribution in [1.29, 1.82) is 0 Å². The summed E-state index contributed by atoms with van der Waals surface area (Å²) in [6.45, 7) is 1.99. The summed E-state index contributed by atoms with van der Waals surface area (Å²) in [4.78, 5) is 4.69. The van der Waals surface area contributed by atoms with E-state index in [9.17, 15) is 0 Å². The van der Waals surface area contributed by atoms with Gasteiger partial charge in [0.15, 0.2) is 0 Å². The van der Waals surface area contributed by atoms with Gasteiger partial charge in [-0.15, -0.1) is 0 Å². The minimum Gasteiger partial charge on any atom is -0.469 e. The topological polar surface area (TPSA) is 51.5 Å². The monoisotopic (exact) mass is 298 g/mol. The molecule has 2 aromatic rings. The molecule has 2 fully saturated rings. The molecule has 2 heterocycles. The second kappa shape index (κ2) is 5.09. The molecule has 0 bridgehead atoms. The maximum Gasteiger partial charge on any atom is 0.241 e. The summed E-state index contributed by atoms with van der Waals surface area (Å²) >= 11 is 0. The fourth-order valence-corrected chi connectivity index (χ4v) is 3.74. The molecule has 3 atom stereocenters. The zero-order valence-corrected chi connectivity index (χ0v) is 13.1. The van der Waals surface area contributed by atoms with Crippen LogP contribution >= 0.6 is 0 Å². The van der Waals surface area contributed by atoms with E-state index in [0.29, 0.717) is 17.8 Å². The third-order valence-electron chi connectivity index (χ3n) is 5.05. The molecule has 0 radical (unpaired) electrons. The number of hydrogen-bond acceptors (Lipinski definition) is 4. The van der Waals surface area contributed by atoms with E-state index >= 15 is 0 Å². The van der Waals surface area contributed by atoms with Crippen molar-refractivity contribution in [1.82, 2.24) is 19.9 Å². The minimum absolute atomic E-state index is 0.0156. The van der Waals surface area contributed by atoms with Crippen molar-refractivity contribution in [2.24, 2.45) is 5.92 Å². The molecule has 22 heavy (non-hydrogen) atoms. The molecular formula is C17H22N4O. The van der Waals surface area contributed by atoms with E-state index in [2.05, 4.69) is 15.4 Å². The minimum atomic E-state index is -0.0156. The van der Waals surface area contributed by atoms with Crippen molar-refractivity contribution < 1.29 is 4.74 Å². The molecule has 0 amide bonds. The van der Waals surface area contributed by atoms with Crippen LogP contribution in [-0.4, -0.2) is 33.3 Å². The van der Waals surface area contributed by atoms with Gasteiger partial charge in [0, 0.05) is 18.4 Å². The first-order valence-electron chi connectivity index (χ1n) is 8.07. The quantitative estimate of drug-likeness (QED) is 0.943. The molecule has 2 aliphatic carbocycles. The Hall–Kier alpha value is -1.88. The van der Waals surface area contributed by atoms with Crippen LogP contribution in [0.4, 0.5) is 0 Å². The summed E-state index contributed by atoms with van der Waals surface area (Å²) in [7, 11) is 2.04. The summed E-state index contributed by atoms with van der Waals surface area (Å²) in [6, 6.07) is 2.52. The van der Waals surface area contributed by atoms with Gasteiger partial charge in [-0.2, -0.15) is 5.10 Å². The number of ether oxygens (including phenoxy) is 1. The van der Waals surface area contributed by atoms with Crippen molar-refractivity contribution in [2.75, 3.05) is 7.05 Å². The molecule has 2 aromatic heterocycles. The van der Waals surface area contributed by atoms with Crippen LogP contribution in [0.3, 0.4) is 0 Å². The maximum atomic E-state index is 6.46. The first kappa shape index (κ1) is 13.8. The van der Waals surface area contributed by atoms with E-state index in [1.807, 2.05) is 42.9 Å². The normalized spacial score (nSPS) is 30.6. The Morgan fingerprint density at radius 2 is 2.32 bits per heavy atom. The number of rotatable bonds is 4. The molecule has 1 N–H and O–H groups in total. The fraction of sp³-hybridized carbons (Fsp3) is 0.529. The maximum absolute atomic E-state index is 6.46. The lowest BCUT2D eigenvalue weighted by atomic mass is 9.93. The Labute approximate surface area is 130 Å². The molecule has 5 heteroatoms. The number of allylic oxidation sites excluding steroid dienone is 1. The van der Waals surface area contributed by atoms with E-state index in [4.69, 9.17) is 4.74 Å². The lowest BCUT2D eigenvalue weighted by Gasteiger charge is -2.29. The van der Waals surface area contributed by atoms with Crippen LogP contribution in [0.15, 0.2) is 24.5 Å². The van der Waals surface area contributed by atoms with Crippen LogP contribution < -0.4 is 10.1 Å². The van der Waals surface area contributed by atoms with Gasteiger partial charge in [0.1, 0.15) is 11.1 Å². The molecular weight excluding hydrogens is 276 g/mol. The Morgan fingerprint density at radius 1 is 1.41 bits per heavy atom. The third-order valence-corrected chi connectivity index (χ3v) is 5.05. The molecule has 0 aromatic carbocycles. The van der Waals surface area contributed by atoms with Gasteiger partial charge in [-0.05, 0) is 45.4 Å². The van der Waals surface area contributed by atoms with E-state index in [1.54, 1.807) is 6.20 Å². The molecule has 5 nitrogen and oxygen atoms in total. The number of nitrogens with zero attached hydrogens (tertiary/aromatic N) is 3. The zero-order valence-electron chi connectivity index (χ0n) is 13.1. The van der Waals surface area contributed by atoms with Crippen molar-refractivity contribution in [3.63, 3.8) is 0 Å². The smallest absolute Gasteiger partial charge is 0.241 e. The van der Waals surface area contributed by atoms with Crippen molar-refractivity contribution in [3.05, 3.63) is 30.2 Å². The molecule has 0 saturated heterocycles. The highest BCUT2D eigenvalue weighted by atomic mass is 16.5. The first-order valence-corrected chi connectivity index (χ1v) is 8.07. The van der Waals surface area contributed by atoms with Crippen LogP contribution in [0.25, 0.3) is 11.6 Å². The van der Waals surface area contributed by atoms with Gasteiger partial charge in [-0.1, -0.05) is 6.08 Å². The molecule has 0 aliphatic heterocycles. The number of hydrogen-bond donors (Lipinski definition) is 1. The third kappa shape index (κ3) is 2.20. The SMILES string of the molecule is C/C=C/c1cn2nccc2c(OC23CC(NC)CCC2C3)n1. The van der Waals surface area contributed by atoms with Gasteiger partial charge < -0.3 is 10.1 Å². The summed E-state index contributed by atoms with van der Waals surface area (Å²) < 4.78 is 8.31. The van der Waals surface area contributed by atoms with Crippen molar-refractivity contribution in [2.45, 2.75) is 44.2 Å². The summed E-state index contributed by atoms with van der Waals surface area (Å²) in [5.41, 5.74) is 1.81. The van der Waals surface area contributed by atoms with Crippen molar-refractivity contribution >= 4 is 11.6 Å². The number of aromatic nitrogens is 3. The van der Waals surface area contributed by atoms with Gasteiger partial charge in [0.2, 0.25) is 5.88 Å². The predicted molar refractivity (Wildman–Crippen MR) is 85.9 cm³/mol. The molecule has 2 aliphatic rings. The van der Waals surface area contributed by atoms with E-state index in [-0.39, 0.29) is 5.60 Å². The number of fused-ring (bicyclic) bond motifs is 2. The second-order valence-electron chi connectivity index (χ2n) is 6.47. The highest BCUT2D eigenvalue weighted by molar-refractivity contribution is 5.58. The summed E-state index contributed by atoms with van der Waals surface area (Å²) in [6.07, 6.45) is 12.4. The van der Waals surface area contributed by atoms with Gasteiger partial charge in [-0.25, -0.2) is 9.50 Å². The van der Waals surface area contributed by atoms with Crippen LogP contribution in [0, 0.1) is 5.92 Å². The largest absolute Gasteiger partial charge is 0.469 e. The van der Waals surface area contributed by atoms with Gasteiger partial charge in [0.05, 0.1) is 18.1 Å². The van der Waals surface area contributed by atoms with Crippen LogP contribution in [0.5, 0.6) is 5.88 Å². The molecule has 3 unspecified atom stereocenters. The van der Waals surface area contributed by atoms with Gasteiger partial charge in [-0.3, -0.25) is 0 Å². The Morgan fingerprint density at radius 3 is 3.14 bits per heavy atom. The zero-order chi connectivity index (χ0) is 15.2. The average Bonchev–Trinajstić information content (AvgIpc) is 3.01. The highest BCUT2D eigenvalue weighted by Gasteiger charge is 2.59. The van der Waals surface area contributed by atoms with Crippen LogP contribution in [-0.2, 0) is 0 Å². The molecule has 2 saturated carbocycles. The Bertz CT molecular complexity index is 723. The summed E-state index contributed by atoms with van der Waals surface area (Å²) in [5, 5.41) is 7.74. The molecule has 0 spiro atoms. The predicted octanol–water partition coefficient (Wildman–Crippen LogP) is 2.67. The molecule has 4 rings (SSSR count). The van der Waals surface area contributed by atoms with Gasteiger partial charge in [0.25, 0.3) is 0 Å². The standard InChI is InChI=1S/C17H22N4O/c1-3-4-14-11-21-15(7-8-19-21)16(20-14)22-17-9-12(17)5-6-13(10-17)18-2/h3-4,7-8,11-13,18H,5-6,9-10H2,1-2H3/b4-3+. The van der Waals surface area contributed by atoms with Gasteiger partial charge >= 0.3 is 0 Å². The fourth-order valence-electron chi connectivity index (χ4n) is 3.74. The molecule has 116 valence electrons. The Kier molecular flexibility index (Phi) is 3.18. The van der Waals surface area contributed by atoms with E-state index in [0.717, 1.165) is 24.1 Å². The van der Waals surface area contributed by atoms with Crippen LogP contribution in [0.2, 0.25) is 0 Å². The van der Waals surface area contributed by atoms with Crippen molar-refractivity contribution in [3.8, 4) is 5.88 Å². The van der Waals surface area contributed by atoms with E-state index < -0.39 is 0 Å². The number of nitrogens with one attached hydrogen (secondary N) is 1. The average molecular weight is 298 g/mol. The lowest BCUT2D eigenvalue weighted by molar-refractivity contribution is 0.108. The first-order chi connectivity index (χ1) is 10.7. The lowest BCUT2D eigenvalue weighted by Crippen LogP contribution is -2.38. The van der Waals surface area contributed by atoms with Crippen LogP contribution in [0.1, 0.15) is 38.3 Å². The highest BCUT2D eigenvalue weighted by Crippen LogP contribution is 2.56. The second-order valence-corrected chi connectivity index (χ2v) is 6.47. The van der Waals surface area contributed by atoms with E-state index in [1.165, 1.54) is 12.8 Å². The Balaban J connectivity index is 1.68. The summed E-state index contributed by atoms with van der Waals surface area (Å²) in [5.74, 6) is 1.40.